The van der Waals surface area contributed by atoms with Crippen molar-refractivity contribution in [3.8, 4) is 11.5 Å². The molecule has 1 aliphatic heterocycles. The van der Waals surface area contributed by atoms with Crippen molar-refractivity contribution in [3.05, 3.63) is 122 Å². The van der Waals surface area contributed by atoms with Crippen LogP contribution in [0.15, 0.2) is 96.6 Å². The van der Waals surface area contributed by atoms with Gasteiger partial charge in [-0.05, 0) is 90.0 Å². The highest BCUT2D eigenvalue weighted by Gasteiger charge is 2.43. The average molecular weight is 658 g/mol. The number of aryl methyl sites for hydroxylation is 2. The maximum Gasteiger partial charge on any atom is 0.343 e. The Bertz CT molecular complexity index is 1580. The summed E-state index contributed by atoms with van der Waals surface area (Å²) in [6.45, 7) is 4.44. The molecule has 0 unspecified atom stereocenters. The molecule has 1 fully saturated rings. The summed E-state index contributed by atoms with van der Waals surface area (Å²) in [7, 11) is 1.54. The van der Waals surface area contributed by atoms with Gasteiger partial charge in [-0.25, -0.2) is 14.6 Å². The lowest BCUT2D eigenvalue weighted by Crippen LogP contribution is -2.57. The van der Waals surface area contributed by atoms with Crippen LogP contribution < -0.4 is 19.3 Å². The molecule has 0 spiro atoms. The molecule has 0 saturated carbocycles. The number of carbonyl (C=O) groups is 3. The summed E-state index contributed by atoms with van der Waals surface area (Å²) in [4.78, 5) is 42.9. The molecule has 1 aliphatic rings. The number of methoxy groups -OCH3 is 1. The van der Waals surface area contributed by atoms with Crippen molar-refractivity contribution >= 4 is 57.9 Å². The third-order valence-corrected chi connectivity index (χ3v) is 7.31. The first kappa shape index (κ1) is 28.1. The minimum Gasteiger partial charge on any atom is -0.493 e. The van der Waals surface area contributed by atoms with Gasteiger partial charge in [-0.15, -0.1) is 0 Å². The smallest absolute Gasteiger partial charge is 0.343 e. The Morgan fingerprint density at radius 3 is 1.80 bits per heavy atom. The third kappa shape index (κ3) is 5.88. The predicted molar refractivity (Wildman–Crippen MR) is 167 cm³/mol. The standard InChI is InChI=1S/C33H27IN2O5/c1-21-14-22(2)16-24(15-21)20-41-30-28(34)18-23(19-29(30)40-3)17-27-31(37)35(25-10-6-4-7-11-25)33(39)36(32(27)38)26-12-8-5-9-13-26/h4-19H,20H2,1-3H3. The van der Waals surface area contributed by atoms with E-state index in [-0.39, 0.29) is 5.57 Å². The summed E-state index contributed by atoms with van der Waals surface area (Å²) in [5, 5.41) is 0. The summed E-state index contributed by atoms with van der Waals surface area (Å²) in [6.07, 6.45) is 1.49. The van der Waals surface area contributed by atoms with Gasteiger partial charge in [0.15, 0.2) is 11.5 Å². The van der Waals surface area contributed by atoms with Crippen LogP contribution >= 0.6 is 22.6 Å². The zero-order valence-corrected chi connectivity index (χ0v) is 24.9. The van der Waals surface area contributed by atoms with E-state index in [0.717, 1.165) is 30.1 Å². The van der Waals surface area contributed by atoms with Gasteiger partial charge in [-0.2, -0.15) is 0 Å². The minimum atomic E-state index is -0.739. The maximum absolute atomic E-state index is 13.7. The van der Waals surface area contributed by atoms with Crippen molar-refractivity contribution in [1.29, 1.82) is 0 Å². The number of ether oxygens (including phenoxy) is 2. The van der Waals surface area contributed by atoms with Crippen molar-refractivity contribution in [1.82, 2.24) is 0 Å². The Morgan fingerprint density at radius 1 is 0.756 bits per heavy atom. The molecule has 0 aromatic heterocycles. The molecule has 0 bridgehead atoms. The van der Waals surface area contributed by atoms with Crippen LogP contribution in [0.4, 0.5) is 16.2 Å². The first-order chi connectivity index (χ1) is 19.8. The van der Waals surface area contributed by atoms with E-state index in [1.54, 1.807) is 66.7 Å². The van der Waals surface area contributed by atoms with Gasteiger partial charge in [-0.3, -0.25) is 9.59 Å². The molecule has 0 aliphatic carbocycles. The second kappa shape index (κ2) is 12.0. The second-order valence-electron chi connectivity index (χ2n) is 9.61. The van der Waals surface area contributed by atoms with E-state index in [4.69, 9.17) is 9.47 Å². The van der Waals surface area contributed by atoms with E-state index in [1.165, 1.54) is 13.2 Å². The number of imide groups is 2. The van der Waals surface area contributed by atoms with Crippen molar-refractivity contribution < 1.29 is 23.9 Å². The molecule has 1 saturated heterocycles. The third-order valence-electron chi connectivity index (χ3n) is 6.51. The first-order valence-electron chi connectivity index (χ1n) is 12.9. The number of anilines is 2. The van der Waals surface area contributed by atoms with Gasteiger partial charge < -0.3 is 9.47 Å². The fraction of sp³-hybridized carbons (Fsp3) is 0.121. The topological polar surface area (TPSA) is 76.2 Å². The van der Waals surface area contributed by atoms with Crippen LogP contribution in [0.1, 0.15) is 22.3 Å². The van der Waals surface area contributed by atoms with E-state index in [2.05, 4.69) is 40.8 Å². The monoisotopic (exact) mass is 658 g/mol. The summed E-state index contributed by atoms with van der Waals surface area (Å²) in [6, 6.07) is 26.1. The van der Waals surface area contributed by atoms with E-state index in [1.807, 2.05) is 19.9 Å². The van der Waals surface area contributed by atoms with E-state index < -0.39 is 17.8 Å². The van der Waals surface area contributed by atoms with E-state index >= 15 is 0 Å². The quantitative estimate of drug-likeness (QED) is 0.121. The van der Waals surface area contributed by atoms with Crippen LogP contribution in [0.5, 0.6) is 11.5 Å². The fourth-order valence-electron chi connectivity index (χ4n) is 4.78. The SMILES string of the molecule is COc1cc(C=C2C(=O)N(c3ccccc3)C(=O)N(c3ccccc3)C2=O)cc(I)c1OCc1cc(C)cc(C)c1. The number of halogens is 1. The van der Waals surface area contributed by atoms with E-state index in [9.17, 15) is 14.4 Å². The maximum atomic E-state index is 13.7. The Kier molecular flexibility index (Phi) is 8.21. The average Bonchev–Trinajstić information content (AvgIpc) is 2.95. The van der Waals surface area contributed by atoms with Gasteiger partial charge in [0.1, 0.15) is 12.2 Å². The Balaban J connectivity index is 1.53. The lowest BCUT2D eigenvalue weighted by atomic mass is 10.0. The summed E-state index contributed by atoms with van der Waals surface area (Å²) >= 11 is 2.15. The largest absolute Gasteiger partial charge is 0.493 e. The lowest BCUT2D eigenvalue weighted by Gasteiger charge is -2.34. The molecule has 41 heavy (non-hydrogen) atoms. The molecule has 0 N–H and O–H groups in total. The molecule has 0 atom stereocenters. The van der Waals surface area contributed by atoms with Gasteiger partial charge in [0.05, 0.1) is 22.1 Å². The molecular formula is C33H27IN2O5. The number of nitrogens with zero attached hydrogens (tertiary/aromatic N) is 2. The van der Waals surface area contributed by atoms with Crippen molar-refractivity contribution in [2.45, 2.75) is 20.5 Å². The van der Waals surface area contributed by atoms with Crippen LogP contribution in [0.25, 0.3) is 6.08 Å². The van der Waals surface area contributed by atoms with Crippen molar-refractivity contribution in [2.75, 3.05) is 16.9 Å². The van der Waals surface area contributed by atoms with Crippen LogP contribution in [-0.2, 0) is 16.2 Å². The molecule has 8 heteroatoms. The molecule has 4 aromatic carbocycles. The molecular weight excluding hydrogens is 631 g/mol. The Morgan fingerprint density at radius 2 is 1.29 bits per heavy atom. The molecule has 206 valence electrons. The van der Waals surface area contributed by atoms with E-state index in [0.29, 0.717) is 35.0 Å². The van der Waals surface area contributed by atoms with Crippen LogP contribution in [-0.4, -0.2) is 25.0 Å². The van der Waals surface area contributed by atoms with Gasteiger partial charge >= 0.3 is 6.03 Å². The number of amides is 4. The number of benzene rings is 4. The number of para-hydroxylation sites is 2. The zero-order valence-electron chi connectivity index (χ0n) is 22.8. The molecule has 0 radical (unpaired) electrons. The molecule has 5 rings (SSSR count). The minimum absolute atomic E-state index is 0.154. The second-order valence-corrected chi connectivity index (χ2v) is 10.8. The predicted octanol–water partition coefficient (Wildman–Crippen LogP) is 7.08. The molecule has 4 amide bonds. The highest BCUT2D eigenvalue weighted by Crippen LogP contribution is 2.36. The van der Waals surface area contributed by atoms with Crippen LogP contribution in [0.3, 0.4) is 0 Å². The van der Waals surface area contributed by atoms with Crippen LogP contribution in [0.2, 0.25) is 0 Å². The lowest BCUT2D eigenvalue weighted by molar-refractivity contribution is -0.121. The summed E-state index contributed by atoms with van der Waals surface area (Å²) in [5.41, 5.74) is 4.48. The highest BCUT2D eigenvalue weighted by molar-refractivity contribution is 14.1. The zero-order chi connectivity index (χ0) is 29.1. The van der Waals surface area contributed by atoms with Crippen molar-refractivity contribution in [3.63, 3.8) is 0 Å². The summed E-state index contributed by atoms with van der Waals surface area (Å²) < 4.78 is 12.5. The number of carbonyl (C=O) groups excluding carboxylic acids is 3. The number of hydrogen-bond acceptors (Lipinski definition) is 5. The number of hydrogen-bond donors (Lipinski definition) is 0. The van der Waals surface area contributed by atoms with Crippen LogP contribution in [0, 0.1) is 17.4 Å². The normalized spacial score (nSPS) is 13.5. The van der Waals surface area contributed by atoms with Gasteiger partial charge in [0, 0.05) is 0 Å². The number of rotatable bonds is 7. The molecule has 4 aromatic rings. The first-order valence-corrected chi connectivity index (χ1v) is 14.0. The molecule has 1 heterocycles. The van der Waals surface area contributed by atoms with Crippen molar-refractivity contribution in [2.24, 2.45) is 0 Å². The summed E-state index contributed by atoms with van der Waals surface area (Å²) in [5.74, 6) is -0.396. The Labute approximate surface area is 252 Å². The number of barbiturate groups is 1. The fourth-order valence-corrected chi connectivity index (χ4v) is 5.56. The number of urea groups is 1. The Hall–Kier alpha value is -4.44. The highest BCUT2D eigenvalue weighted by atomic mass is 127. The van der Waals surface area contributed by atoms with Gasteiger partial charge in [0.25, 0.3) is 11.8 Å². The van der Waals surface area contributed by atoms with Gasteiger partial charge in [0.2, 0.25) is 0 Å². The van der Waals surface area contributed by atoms with Gasteiger partial charge in [-0.1, -0.05) is 65.7 Å². The molecule has 7 nitrogen and oxygen atoms in total.